The first-order chi connectivity index (χ1) is 10.9. The lowest BCUT2D eigenvalue weighted by Crippen LogP contribution is -2.23. The summed E-state index contributed by atoms with van der Waals surface area (Å²) in [5, 5.41) is 0. The van der Waals surface area contributed by atoms with E-state index < -0.39 is 10.0 Å². The number of rotatable bonds is 6. The van der Waals surface area contributed by atoms with Crippen molar-refractivity contribution in [3.8, 4) is 11.5 Å². The molecule has 0 unspecified atom stereocenters. The Labute approximate surface area is 147 Å². The van der Waals surface area contributed by atoms with Crippen LogP contribution in [0.5, 0.6) is 11.5 Å². The molecule has 124 valence electrons. The van der Waals surface area contributed by atoms with Gasteiger partial charge in [0.2, 0.25) is 10.0 Å². The molecular formula is C14H14BrClN2O4S. The fourth-order valence-corrected chi connectivity index (χ4v) is 3.76. The van der Waals surface area contributed by atoms with Gasteiger partial charge in [-0.05, 0) is 24.3 Å². The number of nitrogen functional groups attached to an aromatic ring is 1. The lowest BCUT2D eigenvalue weighted by molar-refractivity contribution is 0.407. The largest absolute Gasteiger partial charge is 0.496 e. The first kappa shape index (κ1) is 17.9. The van der Waals surface area contributed by atoms with Gasteiger partial charge in [0.25, 0.3) is 0 Å². The second-order valence-corrected chi connectivity index (χ2v) is 7.43. The molecule has 9 heteroatoms. The zero-order valence-electron chi connectivity index (χ0n) is 12.0. The van der Waals surface area contributed by atoms with Crippen molar-refractivity contribution in [2.24, 2.45) is 0 Å². The lowest BCUT2D eigenvalue weighted by Gasteiger charge is -2.11. The minimum absolute atomic E-state index is 0.0422. The Morgan fingerprint density at radius 3 is 2.61 bits per heavy atom. The highest BCUT2D eigenvalue weighted by atomic mass is 79.9. The molecule has 2 rings (SSSR count). The minimum Gasteiger partial charge on any atom is -0.496 e. The van der Waals surface area contributed by atoms with Crippen LogP contribution in [0.4, 0.5) is 5.69 Å². The van der Waals surface area contributed by atoms with Crippen LogP contribution in [0.1, 0.15) is 5.56 Å². The normalized spacial score (nSPS) is 11.3. The Morgan fingerprint density at radius 1 is 1.26 bits per heavy atom. The van der Waals surface area contributed by atoms with Crippen LogP contribution in [-0.2, 0) is 16.6 Å². The molecule has 3 N–H and O–H groups in total. The molecule has 0 saturated heterocycles. The summed E-state index contributed by atoms with van der Waals surface area (Å²) in [5.41, 5.74) is 6.66. The number of sulfonamides is 1. The van der Waals surface area contributed by atoms with Gasteiger partial charge in [0.1, 0.15) is 23.4 Å². The van der Waals surface area contributed by atoms with E-state index >= 15 is 0 Å². The van der Waals surface area contributed by atoms with Crippen LogP contribution >= 0.6 is 27.8 Å². The molecule has 6 nitrogen and oxygen atoms in total. The van der Waals surface area contributed by atoms with Gasteiger partial charge in [0, 0.05) is 28.3 Å². The number of ether oxygens (including phenoxy) is 1. The first-order valence-corrected chi connectivity index (χ1v) is 8.95. The summed E-state index contributed by atoms with van der Waals surface area (Å²) in [4.78, 5) is 0.0732. The molecule has 0 aliphatic rings. The summed E-state index contributed by atoms with van der Waals surface area (Å²) in [5.74, 6) is 0.856. The van der Waals surface area contributed by atoms with Crippen molar-refractivity contribution in [1.29, 1.82) is 0 Å². The topological polar surface area (TPSA) is 90.6 Å². The maximum Gasteiger partial charge on any atom is 0.240 e. The molecule has 0 spiro atoms. The molecule has 0 aliphatic carbocycles. The summed E-state index contributed by atoms with van der Waals surface area (Å²) in [7, 11) is -2.24. The summed E-state index contributed by atoms with van der Waals surface area (Å²) in [6.45, 7) is 0.0422. The Balaban J connectivity index is 2.22. The molecular weight excluding hydrogens is 408 g/mol. The van der Waals surface area contributed by atoms with Gasteiger partial charge in [0.05, 0.1) is 12.0 Å². The van der Waals surface area contributed by atoms with Gasteiger partial charge in [-0.2, -0.15) is 0 Å². The summed E-state index contributed by atoms with van der Waals surface area (Å²) < 4.78 is 37.6. The van der Waals surface area contributed by atoms with E-state index in [9.17, 15) is 8.42 Å². The first-order valence-electron chi connectivity index (χ1n) is 6.37. The molecule has 0 fully saturated rings. The molecule has 0 bridgehead atoms. The third kappa shape index (κ3) is 4.51. The molecule has 0 atom stereocenters. The van der Waals surface area contributed by atoms with E-state index in [2.05, 4.69) is 24.9 Å². The summed E-state index contributed by atoms with van der Waals surface area (Å²) in [6, 6.07) is 9.31. The standard InChI is InChI=1S/C14H14BrClN2O4S/c1-21-14-7-12(22-16)3-2-9(14)8-18-23(19,20)13-5-10(15)4-11(17)6-13/h2-7,18H,8,17H2,1H3. The van der Waals surface area contributed by atoms with Crippen molar-refractivity contribution < 1.29 is 17.4 Å². The highest BCUT2D eigenvalue weighted by molar-refractivity contribution is 9.10. The van der Waals surface area contributed by atoms with Crippen LogP contribution in [-0.4, -0.2) is 15.5 Å². The number of methoxy groups -OCH3 is 1. The van der Waals surface area contributed by atoms with Gasteiger partial charge >= 0.3 is 0 Å². The number of nitrogens with two attached hydrogens (primary N) is 1. The van der Waals surface area contributed by atoms with Crippen molar-refractivity contribution in [3.63, 3.8) is 0 Å². The zero-order valence-corrected chi connectivity index (χ0v) is 15.2. The van der Waals surface area contributed by atoms with Gasteiger partial charge in [0.15, 0.2) is 0 Å². The van der Waals surface area contributed by atoms with Gasteiger partial charge < -0.3 is 14.8 Å². The van der Waals surface area contributed by atoms with E-state index in [1.165, 1.54) is 19.2 Å². The average molecular weight is 422 g/mol. The fourth-order valence-electron chi connectivity index (χ4n) is 1.91. The number of hydrogen-bond donors (Lipinski definition) is 2. The van der Waals surface area contributed by atoms with E-state index in [-0.39, 0.29) is 11.4 Å². The Morgan fingerprint density at radius 2 is 2.00 bits per heavy atom. The van der Waals surface area contributed by atoms with Crippen molar-refractivity contribution in [2.45, 2.75) is 11.4 Å². The van der Waals surface area contributed by atoms with Crippen molar-refractivity contribution in [2.75, 3.05) is 12.8 Å². The van der Waals surface area contributed by atoms with E-state index in [1.807, 2.05) is 0 Å². The van der Waals surface area contributed by atoms with Gasteiger partial charge in [-0.1, -0.05) is 22.0 Å². The Hall–Kier alpha value is -1.48. The number of benzene rings is 2. The maximum absolute atomic E-state index is 12.4. The van der Waals surface area contributed by atoms with E-state index in [0.29, 0.717) is 27.2 Å². The predicted octanol–water partition coefficient (Wildman–Crippen LogP) is 3.05. The zero-order chi connectivity index (χ0) is 17.0. The molecule has 0 aromatic heterocycles. The van der Waals surface area contributed by atoms with Gasteiger partial charge in [-0.3, -0.25) is 0 Å². The fraction of sp³-hybridized carbons (Fsp3) is 0.143. The lowest BCUT2D eigenvalue weighted by atomic mass is 10.2. The SMILES string of the molecule is COc1cc(OCl)ccc1CNS(=O)(=O)c1cc(N)cc(Br)c1. The van der Waals surface area contributed by atoms with E-state index in [4.69, 9.17) is 22.3 Å². The number of halogens is 2. The van der Waals surface area contributed by atoms with E-state index in [0.717, 1.165) is 0 Å². The monoisotopic (exact) mass is 420 g/mol. The average Bonchev–Trinajstić information content (AvgIpc) is 2.51. The molecule has 0 aliphatic heterocycles. The molecule has 2 aromatic carbocycles. The smallest absolute Gasteiger partial charge is 0.240 e. The van der Waals surface area contributed by atoms with Crippen molar-refractivity contribution >= 4 is 43.5 Å². The van der Waals surface area contributed by atoms with Crippen LogP contribution in [0.3, 0.4) is 0 Å². The molecule has 0 saturated carbocycles. The highest BCUT2D eigenvalue weighted by Gasteiger charge is 2.16. The van der Waals surface area contributed by atoms with Gasteiger partial charge in [-0.15, -0.1) is 0 Å². The van der Waals surface area contributed by atoms with Crippen LogP contribution in [0.2, 0.25) is 0 Å². The summed E-state index contributed by atoms with van der Waals surface area (Å²) >= 11 is 8.51. The van der Waals surface area contributed by atoms with Crippen LogP contribution in [0.15, 0.2) is 45.8 Å². The van der Waals surface area contributed by atoms with Crippen LogP contribution in [0, 0.1) is 0 Å². The van der Waals surface area contributed by atoms with Crippen molar-refractivity contribution in [1.82, 2.24) is 4.72 Å². The molecule has 0 radical (unpaired) electrons. The Kier molecular flexibility index (Phi) is 5.74. The third-order valence-electron chi connectivity index (χ3n) is 3.00. The molecule has 2 aromatic rings. The predicted molar refractivity (Wildman–Crippen MR) is 92.1 cm³/mol. The quantitative estimate of drug-likeness (QED) is 0.700. The van der Waals surface area contributed by atoms with Gasteiger partial charge in [-0.25, -0.2) is 13.1 Å². The molecule has 0 heterocycles. The maximum atomic E-state index is 12.4. The molecule has 23 heavy (non-hydrogen) atoms. The minimum atomic E-state index is -3.72. The second-order valence-electron chi connectivity index (χ2n) is 4.60. The van der Waals surface area contributed by atoms with Crippen LogP contribution in [0.25, 0.3) is 0 Å². The van der Waals surface area contributed by atoms with Crippen molar-refractivity contribution in [3.05, 3.63) is 46.4 Å². The third-order valence-corrected chi connectivity index (χ3v) is 5.02. The highest BCUT2D eigenvalue weighted by Crippen LogP contribution is 2.26. The van der Waals surface area contributed by atoms with Crippen LogP contribution < -0.4 is 19.5 Å². The number of anilines is 1. The number of nitrogens with one attached hydrogen (secondary N) is 1. The summed E-state index contributed by atoms with van der Waals surface area (Å²) in [6.07, 6.45) is 0. The number of hydrogen-bond acceptors (Lipinski definition) is 5. The Bertz CT molecular complexity index is 794. The second kappa shape index (κ2) is 7.39. The van der Waals surface area contributed by atoms with E-state index in [1.54, 1.807) is 24.3 Å². The molecule has 0 amide bonds.